The van der Waals surface area contributed by atoms with Crippen LogP contribution >= 0.6 is 11.1 Å². The van der Waals surface area contributed by atoms with Crippen LogP contribution in [0.3, 0.4) is 0 Å². The Labute approximate surface area is 144 Å². The average Bonchev–Trinajstić information content (AvgIpc) is 2.47. The summed E-state index contributed by atoms with van der Waals surface area (Å²) >= 11 is 6.71. The molecule has 0 aliphatic carbocycles. The lowest BCUT2D eigenvalue weighted by Crippen LogP contribution is -2.35. The van der Waals surface area contributed by atoms with Crippen molar-refractivity contribution in [1.29, 1.82) is 0 Å². The van der Waals surface area contributed by atoms with Crippen LogP contribution in [0.2, 0.25) is 13.1 Å². The summed E-state index contributed by atoms with van der Waals surface area (Å²) < 4.78 is 0. The van der Waals surface area contributed by atoms with E-state index in [4.69, 9.17) is 11.1 Å². The highest BCUT2D eigenvalue weighted by molar-refractivity contribution is 7.26. The van der Waals surface area contributed by atoms with Crippen LogP contribution in [0, 0.1) is 0 Å². The van der Waals surface area contributed by atoms with Gasteiger partial charge >= 0.3 is 0 Å². The number of aryl methyl sites for hydroxylation is 2. The van der Waals surface area contributed by atoms with E-state index in [1.807, 2.05) is 0 Å². The third-order valence-corrected chi connectivity index (χ3v) is 6.69. The zero-order valence-electron chi connectivity index (χ0n) is 15.2. The predicted molar refractivity (Wildman–Crippen MR) is 105 cm³/mol. The zero-order chi connectivity index (χ0) is 16.4. The standard InChI is InChI=1S/C20H35ClSi/c1-5-7-9-11-13-18-15-19(14-12-10-8-6-2)17-20(16-18)22(3,4)21/h15-17H,5-14H2,1-4H3. The minimum Gasteiger partial charge on any atom is -0.162 e. The molecule has 0 aromatic heterocycles. The first-order chi connectivity index (χ1) is 10.5. The molecule has 0 aliphatic heterocycles. The van der Waals surface area contributed by atoms with E-state index in [9.17, 15) is 0 Å². The molecular formula is C20H35ClSi. The van der Waals surface area contributed by atoms with Crippen LogP contribution in [-0.2, 0) is 12.8 Å². The zero-order valence-corrected chi connectivity index (χ0v) is 16.9. The van der Waals surface area contributed by atoms with Crippen LogP contribution in [0.5, 0.6) is 0 Å². The van der Waals surface area contributed by atoms with Gasteiger partial charge in [-0.25, -0.2) is 0 Å². The van der Waals surface area contributed by atoms with Gasteiger partial charge in [-0.15, -0.1) is 0 Å². The average molecular weight is 339 g/mol. The highest BCUT2D eigenvalue weighted by Gasteiger charge is 2.21. The van der Waals surface area contributed by atoms with E-state index in [0.29, 0.717) is 0 Å². The fourth-order valence-electron chi connectivity index (χ4n) is 2.91. The third-order valence-electron chi connectivity index (χ3n) is 4.38. The first-order valence-electron chi connectivity index (χ1n) is 9.29. The van der Waals surface area contributed by atoms with Crippen molar-refractivity contribution < 1.29 is 0 Å². The number of hydrogen-bond acceptors (Lipinski definition) is 0. The molecule has 1 aromatic carbocycles. The maximum atomic E-state index is 6.71. The summed E-state index contributed by atoms with van der Waals surface area (Å²) in [5.41, 5.74) is 3.03. The van der Waals surface area contributed by atoms with Gasteiger partial charge in [0.15, 0.2) is 7.38 Å². The monoisotopic (exact) mass is 338 g/mol. The molecule has 0 fully saturated rings. The van der Waals surface area contributed by atoms with E-state index in [2.05, 4.69) is 45.1 Å². The molecule has 0 aliphatic rings. The summed E-state index contributed by atoms with van der Waals surface area (Å²) in [6, 6.07) is 7.22. The predicted octanol–water partition coefficient (Wildman–Crippen LogP) is 6.58. The molecule has 1 rings (SSSR count). The van der Waals surface area contributed by atoms with Gasteiger partial charge in [-0.2, -0.15) is 11.1 Å². The Morgan fingerprint density at radius 1 is 0.727 bits per heavy atom. The van der Waals surface area contributed by atoms with E-state index in [0.717, 1.165) is 0 Å². The summed E-state index contributed by atoms with van der Waals surface area (Å²) in [5.74, 6) is 0. The minimum absolute atomic E-state index is 1.22. The van der Waals surface area contributed by atoms with Gasteiger partial charge in [0.05, 0.1) is 0 Å². The van der Waals surface area contributed by atoms with Crippen molar-refractivity contribution in [3.63, 3.8) is 0 Å². The second kappa shape index (κ2) is 10.5. The summed E-state index contributed by atoms with van der Waals surface area (Å²) in [5, 5.41) is 1.42. The van der Waals surface area contributed by atoms with Crippen molar-refractivity contribution in [2.75, 3.05) is 0 Å². The quantitative estimate of drug-likeness (QED) is 0.243. The Balaban J connectivity index is 2.73. The summed E-state index contributed by atoms with van der Waals surface area (Å²) in [4.78, 5) is 0. The molecule has 0 unspecified atom stereocenters. The first kappa shape index (κ1) is 19.8. The molecule has 0 amide bonds. The molecular weight excluding hydrogens is 304 g/mol. The van der Waals surface area contributed by atoms with Gasteiger partial charge in [-0.05, 0) is 42.0 Å². The van der Waals surface area contributed by atoms with E-state index in [1.54, 1.807) is 0 Å². The second-order valence-corrected chi connectivity index (χ2v) is 13.5. The summed E-state index contributed by atoms with van der Waals surface area (Å²) in [6.07, 6.45) is 13.1. The maximum Gasteiger partial charge on any atom is 0.180 e. The molecule has 0 saturated carbocycles. The van der Waals surface area contributed by atoms with Gasteiger partial charge in [0.2, 0.25) is 0 Å². The fourth-order valence-corrected chi connectivity index (χ4v) is 4.29. The van der Waals surface area contributed by atoms with Gasteiger partial charge in [-0.3, -0.25) is 0 Å². The van der Waals surface area contributed by atoms with Crippen molar-refractivity contribution in [1.82, 2.24) is 0 Å². The number of hydrogen-bond donors (Lipinski definition) is 0. The van der Waals surface area contributed by atoms with Gasteiger partial charge in [0.1, 0.15) is 0 Å². The van der Waals surface area contributed by atoms with Crippen molar-refractivity contribution >= 4 is 23.6 Å². The molecule has 0 heterocycles. The SMILES string of the molecule is CCCCCCc1cc(CCCCCC)cc([Si](C)(C)Cl)c1. The Hall–Kier alpha value is -0.273. The van der Waals surface area contributed by atoms with Crippen LogP contribution in [0.25, 0.3) is 0 Å². The van der Waals surface area contributed by atoms with Gasteiger partial charge in [0, 0.05) is 0 Å². The Morgan fingerprint density at radius 2 is 1.18 bits per heavy atom. The minimum atomic E-state index is -1.73. The lowest BCUT2D eigenvalue weighted by molar-refractivity contribution is 0.661. The molecule has 0 nitrogen and oxygen atoms in total. The molecule has 0 radical (unpaired) electrons. The molecule has 0 atom stereocenters. The second-order valence-electron chi connectivity index (χ2n) is 7.13. The van der Waals surface area contributed by atoms with Crippen LogP contribution in [0.15, 0.2) is 18.2 Å². The highest BCUT2D eigenvalue weighted by Crippen LogP contribution is 2.16. The van der Waals surface area contributed by atoms with Crippen molar-refractivity contribution in [2.24, 2.45) is 0 Å². The fraction of sp³-hybridized carbons (Fsp3) is 0.700. The number of unbranched alkanes of at least 4 members (excludes halogenated alkanes) is 6. The Bertz CT molecular complexity index is 390. The van der Waals surface area contributed by atoms with Gasteiger partial charge in [-0.1, -0.05) is 83.7 Å². The van der Waals surface area contributed by atoms with Crippen molar-refractivity contribution in [3.8, 4) is 0 Å². The van der Waals surface area contributed by atoms with Crippen molar-refractivity contribution in [3.05, 3.63) is 29.3 Å². The number of halogens is 1. The smallest absolute Gasteiger partial charge is 0.162 e. The highest BCUT2D eigenvalue weighted by atomic mass is 35.6. The normalized spacial score (nSPS) is 11.9. The lowest BCUT2D eigenvalue weighted by atomic mass is 10.0. The van der Waals surface area contributed by atoms with E-state index < -0.39 is 7.38 Å². The molecule has 0 bridgehead atoms. The first-order valence-corrected chi connectivity index (χ1v) is 13.3. The molecule has 22 heavy (non-hydrogen) atoms. The van der Waals surface area contributed by atoms with Gasteiger partial charge < -0.3 is 0 Å². The van der Waals surface area contributed by atoms with Crippen molar-refractivity contribution in [2.45, 2.75) is 91.1 Å². The molecule has 1 aromatic rings. The van der Waals surface area contributed by atoms with E-state index in [-0.39, 0.29) is 0 Å². The molecule has 0 saturated heterocycles. The maximum absolute atomic E-state index is 6.71. The molecule has 126 valence electrons. The number of benzene rings is 1. The van der Waals surface area contributed by atoms with Crippen LogP contribution in [-0.4, -0.2) is 7.38 Å². The lowest BCUT2D eigenvalue weighted by Gasteiger charge is -2.17. The summed E-state index contributed by atoms with van der Waals surface area (Å²) in [6.45, 7) is 9.03. The molecule has 2 heteroatoms. The topological polar surface area (TPSA) is 0 Å². The third kappa shape index (κ3) is 7.83. The molecule has 0 spiro atoms. The van der Waals surface area contributed by atoms with Crippen LogP contribution in [0.1, 0.15) is 76.3 Å². The van der Waals surface area contributed by atoms with E-state index >= 15 is 0 Å². The Morgan fingerprint density at radius 3 is 1.55 bits per heavy atom. The van der Waals surface area contributed by atoms with E-state index in [1.165, 1.54) is 80.5 Å². The van der Waals surface area contributed by atoms with Crippen LogP contribution in [0.4, 0.5) is 0 Å². The summed E-state index contributed by atoms with van der Waals surface area (Å²) in [7, 11) is -1.73. The number of rotatable bonds is 11. The van der Waals surface area contributed by atoms with Crippen LogP contribution < -0.4 is 5.19 Å². The Kier molecular flexibility index (Phi) is 9.43. The molecule has 0 N–H and O–H groups in total. The largest absolute Gasteiger partial charge is 0.180 e. The van der Waals surface area contributed by atoms with Gasteiger partial charge in [0.25, 0.3) is 0 Å².